The highest BCUT2D eigenvalue weighted by Crippen LogP contribution is 2.33. The number of nitrogens with zero attached hydrogens (tertiary/aromatic N) is 1. The maximum absolute atomic E-state index is 12.7. The third-order valence-corrected chi connectivity index (χ3v) is 5.16. The lowest BCUT2D eigenvalue weighted by molar-refractivity contribution is 0.0602. The van der Waals surface area contributed by atoms with E-state index < -0.39 is 11.4 Å². The molecule has 0 saturated carbocycles. The summed E-state index contributed by atoms with van der Waals surface area (Å²) in [5, 5.41) is 0.733. The molecule has 0 atom stereocenters. The van der Waals surface area contributed by atoms with Gasteiger partial charge in [0.25, 0.3) is 5.91 Å². The van der Waals surface area contributed by atoms with Gasteiger partial charge in [-0.1, -0.05) is 36.4 Å². The number of rotatable bonds is 8. The van der Waals surface area contributed by atoms with Crippen molar-refractivity contribution in [3.05, 3.63) is 65.4 Å². The number of nitrogens with two attached hydrogens (primary N) is 1. The molecule has 0 radical (unpaired) electrons. The predicted octanol–water partition coefficient (Wildman–Crippen LogP) is 5.05. The van der Waals surface area contributed by atoms with Crippen LogP contribution in [0.1, 0.15) is 48.9 Å². The van der Waals surface area contributed by atoms with Gasteiger partial charge in [0, 0.05) is 17.6 Å². The number of carbonyl (C=O) groups is 2. The van der Waals surface area contributed by atoms with E-state index >= 15 is 0 Å². The van der Waals surface area contributed by atoms with Crippen LogP contribution in [0.5, 0.6) is 5.75 Å². The monoisotopic (exact) mass is 438 g/mol. The number of furan rings is 1. The lowest BCUT2D eigenvalue weighted by atomic mass is 10.1. The molecule has 3 aromatic rings. The topological polar surface area (TPSA) is 95.0 Å². The molecule has 0 unspecified atom stereocenters. The van der Waals surface area contributed by atoms with Crippen LogP contribution in [0.3, 0.4) is 0 Å². The third-order valence-electron chi connectivity index (χ3n) is 5.16. The van der Waals surface area contributed by atoms with Gasteiger partial charge in [-0.25, -0.2) is 4.79 Å². The van der Waals surface area contributed by atoms with Gasteiger partial charge in [0.05, 0.1) is 12.0 Å². The SMILES string of the molecule is Cc1c(C(N)=O)oc2cccc(OCCCN(C(=O)OCc3ccccc3)C(C)(C)C)c12. The first-order valence-corrected chi connectivity index (χ1v) is 10.6. The van der Waals surface area contributed by atoms with E-state index in [1.807, 2.05) is 57.2 Å². The lowest BCUT2D eigenvalue weighted by Gasteiger charge is -2.34. The molecule has 0 aliphatic carbocycles. The fraction of sp³-hybridized carbons (Fsp3) is 0.360. The third kappa shape index (κ3) is 5.41. The quantitative estimate of drug-likeness (QED) is 0.497. The molecule has 0 aliphatic rings. The summed E-state index contributed by atoms with van der Waals surface area (Å²) in [4.78, 5) is 26.0. The molecule has 2 aromatic carbocycles. The number of ether oxygens (including phenoxy) is 2. The maximum Gasteiger partial charge on any atom is 0.410 e. The number of primary amides is 1. The highest BCUT2D eigenvalue weighted by Gasteiger charge is 2.27. The molecular weight excluding hydrogens is 408 g/mol. The van der Waals surface area contributed by atoms with Gasteiger partial charge in [0.2, 0.25) is 0 Å². The van der Waals surface area contributed by atoms with Gasteiger partial charge < -0.3 is 24.5 Å². The van der Waals surface area contributed by atoms with Gasteiger partial charge in [-0.3, -0.25) is 4.79 Å². The predicted molar refractivity (Wildman–Crippen MR) is 123 cm³/mol. The molecule has 0 aliphatic heterocycles. The molecule has 7 nitrogen and oxygen atoms in total. The molecule has 0 saturated heterocycles. The zero-order valence-corrected chi connectivity index (χ0v) is 19.0. The molecule has 1 heterocycles. The Balaban J connectivity index is 1.61. The second-order valence-corrected chi connectivity index (χ2v) is 8.61. The molecule has 0 fully saturated rings. The fourth-order valence-electron chi connectivity index (χ4n) is 3.52. The molecule has 0 spiro atoms. The van der Waals surface area contributed by atoms with Crippen LogP contribution in [0, 0.1) is 6.92 Å². The average molecular weight is 439 g/mol. The van der Waals surface area contributed by atoms with Crippen molar-refractivity contribution in [3.63, 3.8) is 0 Å². The number of fused-ring (bicyclic) bond motifs is 1. The van der Waals surface area contributed by atoms with Crippen molar-refractivity contribution in [1.82, 2.24) is 4.90 Å². The van der Waals surface area contributed by atoms with E-state index in [4.69, 9.17) is 19.6 Å². The molecule has 170 valence electrons. The van der Waals surface area contributed by atoms with Crippen molar-refractivity contribution >= 4 is 23.0 Å². The van der Waals surface area contributed by atoms with Crippen LogP contribution in [-0.2, 0) is 11.3 Å². The molecule has 32 heavy (non-hydrogen) atoms. The molecular formula is C25H30N2O5. The van der Waals surface area contributed by atoms with Crippen LogP contribution < -0.4 is 10.5 Å². The second-order valence-electron chi connectivity index (χ2n) is 8.61. The first kappa shape index (κ1) is 23.2. The highest BCUT2D eigenvalue weighted by molar-refractivity contribution is 5.99. The Morgan fingerprint density at radius 2 is 1.78 bits per heavy atom. The number of carbonyl (C=O) groups excluding carboxylic acids is 2. The summed E-state index contributed by atoms with van der Waals surface area (Å²) in [5.74, 6) is 0.140. The Hall–Kier alpha value is -3.48. The number of amides is 2. The van der Waals surface area contributed by atoms with E-state index in [0.717, 1.165) is 10.9 Å². The zero-order valence-electron chi connectivity index (χ0n) is 19.0. The van der Waals surface area contributed by atoms with Gasteiger partial charge in [-0.2, -0.15) is 0 Å². The van der Waals surface area contributed by atoms with Crippen LogP contribution in [0.4, 0.5) is 4.79 Å². The first-order valence-electron chi connectivity index (χ1n) is 10.6. The van der Waals surface area contributed by atoms with E-state index in [0.29, 0.717) is 36.5 Å². The summed E-state index contributed by atoms with van der Waals surface area (Å²) >= 11 is 0. The molecule has 7 heteroatoms. The van der Waals surface area contributed by atoms with Gasteiger partial charge in [-0.15, -0.1) is 0 Å². The first-order chi connectivity index (χ1) is 15.2. The molecule has 1 aromatic heterocycles. The number of hydrogen-bond acceptors (Lipinski definition) is 5. The highest BCUT2D eigenvalue weighted by atomic mass is 16.6. The maximum atomic E-state index is 12.7. The Kier molecular flexibility index (Phi) is 7.08. The Morgan fingerprint density at radius 1 is 1.06 bits per heavy atom. The summed E-state index contributed by atoms with van der Waals surface area (Å²) in [6.07, 6.45) is 0.244. The molecule has 3 rings (SSSR count). The molecule has 2 N–H and O–H groups in total. The van der Waals surface area contributed by atoms with E-state index in [9.17, 15) is 9.59 Å². The van der Waals surface area contributed by atoms with E-state index in [-0.39, 0.29) is 18.5 Å². The van der Waals surface area contributed by atoms with Gasteiger partial charge in [-0.05, 0) is 51.8 Å². The summed E-state index contributed by atoms with van der Waals surface area (Å²) in [5.41, 5.74) is 7.14. The average Bonchev–Trinajstić information content (AvgIpc) is 3.09. The van der Waals surface area contributed by atoms with Crippen molar-refractivity contribution in [1.29, 1.82) is 0 Å². The van der Waals surface area contributed by atoms with Gasteiger partial charge >= 0.3 is 6.09 Å². The van der Waals surface area contributed by atoms with Crippen molar-refractivity contribution in [2.75, 3.05) is 13.2 Å². The Labute approximate surface area is 188 Å². The van der Waals surface area contributed by atoms with Gasteiger partial charge in [0.15, 0.2) is 5.76 Å². The van der Waals surface area contributed by atoms with Crippen LogP contribution in [-0.4, -0.2) is 35.6 Å². The summed E-state index contributed by atoms with van der Waals surface area (Å²) in [6, 6.07) is 15.0. The molecule has 0 bridgehead atoms. The number of benzene rings is 2. The minimum Gasteiger partial charge on any atom is -0.493 e. The van der Waals surface area contributed by atoms with Crippen LogP contribution in [0.2, 0.25) is 0 Å². The van der Waals surface area contributed by atoms with Crippen molar-refractivity contribution < 1.29 is 23.5 Å². The standard InChI is InChI=1S/C25H30N2O5/c1-17-21-19(12-8-13-20(21)32-22(17)23(26)28)30-15-9-14-27(25(2,3)4)24(29)31-16-18-10-6-5-7-11-18/h5-8,10-13H,9,14-16H2,1-4H3,(H2,26,28). The van der Waals surface area contributed by atoms with Crippen molar-refractivity contribution in [2.24, 2.45) is 5.73 Å². The lowest BCUT2D eigenvalue weighted by Crippen LogP contribution is -2.46. The minimum absolute atomic E-state index is 0.135. The number of aryl methyl sites for hydroxylation is 1. The normalized spacial score (nSPS) is 11.4. The Bertz CT molecular complexity index is 1080. The number of hydrogen-bond donors (Lipinski definition) is 1. The van der Waals surface area contributed by atoms with Crippen LogP contribution in [0.15, 0.2) is 52.9 Å². The Morgan fingerprint density at radius 3 is 2.44 bits per heavy atom. The van der Waals surface area contributed by atoms with E-state index in [2.05, 4.69) is 0 Å². The summed E-state index contributed by atoms with van der Waals surface area (Å²) in [6.45, 7) is 8.78. The summed E-state index contributed by atoms with van der Waals surface area (Å²) < 4.78 is 17.1. The van der Waals surface area contributed by atoms with Crippen LogP contribution in [0.25, 0.3) is 11.0 Å². The smallest absolute Gasteiger partial charge is 0.410 e. The van der Waals surface area contributed by atoms with Crippen molar-refractivity contribution in [2.45, 2.75) is 46.3 Å². The van der Waals surface area contributed by atoms with E-state index in [1.54, 1.807) is 24.0 Å². The van der Waals surface area contributed by atoms with Gasteiger partial charge in [0.1, 0.15) is 17.9 Å². The van der Waals surface area contributed by atoms with Crippen LogP contribution >= 0.6 is 0 Å². The van der Waals surface area contributed by atoms with Crippen molar-refractivity contribution in [3.8, 4) is 5.75 Å². The van der Waals surface area contributed by atoms with E-state index in [1.165, 1.54) is 0 Å². The largest absolute Gasteiger partial charge is 0.493 e. The zero-order chi connectivity index (χ0) is 23.3. The fourth-order valence-corrected chi connectivity index (χ4v) is 3.52. The molecule has 2 amide bonds. The summed E-state index contributed by atoms with van der Waals surface area (Å²) in [7, 11) is 0. The second kappa shape index (κ2) is 9.77. The minimum atomic E-state index is -0.612.